The third-order valence-corrected chi connectivity index (χ3v) is 5.16. The van der Waals surface area contributed by atoms with Crippen LogP contribution in [0.25, 0.3) is 0 Å². The lowest BCUT2D eigenvalue weighted by Crippen LogP contribution is -2.56. The first kappa shape index (κ1) is 12.9. The minimum absolute atomic E-state index is 0.0644. The molecule has 2 unspecified atom stereocenters. The van der Waals surface area contributed by atoms with Crippen molar-refractivity contribution < 1.29 is 14.6 Å². The van der Waals surface area contributed by atoms with Crippen LogP contribution in [0.15, 0.2) is 0 Å². The zero-order chi connectivity index (χ0) is 13.7. The van der Waals surface area contributed by atoms with Gasteiger partial charge in [0.15, 0.2) is 6.10 Å². The third-order valence-electron chi connectivity index (χ3n) is 5.16. The van der Waals surface area contributed by atoms with E-state index in [-0.39, 0.29) is 11.4 Å². The summed E-state index contributed by atoms with van der Waals surface area (Å²) >= 11 is 0. The summed E-state index contributed by atoms with van der Waals surface area (Å²) < 4.78 is 5.09. The Hall–Kier alpha value is -1.08. The maximum atomic E-state index is 11.9. The normalized spacial score (nSPS) is 44.7. The van der Waals surface area contributed by atoms with Gasteiger partial charge < -0.3 is 9.84 Å². The van der Waals surface area contributed by atoms with E-state index in [1.54, 1.807) is 6.92 Å². The molecule has 0 aliphatic heterocycles. The molecule has 0 aromatic rings. The van der Waals surface area contributed by atoms with Crippen LogP contribution in [0.2, 0.25) is 0 Å². The molecule has 4 bridgehead atoms. The molecule has 19 heavy (non-hydrogen) atoms. The zero-order valence-corrected chi connectivity index (χ0v) is 11.4. The molecule has 4 aliphatic carbocycles. The second-order valence-corrected chi connectivity index (χ2v) is 7.12. The Kier molecular flexibility index (Phi) is 2.86. The van der Waals surface area contributed by atoms with E-state index in [1.807, 2.05) is 6.07 Å². The lowest BCUT2D eigenvalue weighted by atomic mass is 9.47. The molecule has 4 aliphatic rings. The van der Waals surface area contributed by atoms with Crippen LogP contribution in [-0.4, -0.2) is 22.8 Å². The molecule has 1 N–H and O–H groups in total. The van der Waals surface area contributed by atoms with Crippen LogP contribution in [0.1, 0.15) is 51.9 Å². The molecule has 0 radical (unpaired) electrons. The van der Waals surface area contributed by atoms with E-state index in [0.717, 1.165) is 32.1 Å². The molecule has 0 aromatic heterocycles. The van der Waals surface area contributed by atoms with E-state index in [9.17, 15) is 9.90 Å². The molecule has 4 fully saturated rings. The van der Waals surface area contributed by atoms with E-state index in [0.29, 0.717) is 18.3 Å². The second kappa shape index (κ2) is 4.21. The first-order valence-electron chi connectivity index (χ1n) is 7.24. The Morgan fingerprint density at radius 2 is 2.05 bits per heavy atom. The highest BCUT2D eigenvalue weighted by molar-refractivity contribution is 5.71. The maximum absolute atomic E-state index is 11.9. The van der Waals surface area contributed by atoms with Gasteiger partial charge in [0.2, 0.25) is 0 Å². The molecule has 0 aromatic carbocycles. The molecule has 0 saturated heterocycles. The summed E-state index contributed by atoms with van der Waals surface area (Å²) in [6.07, 6.45) is 5.56. The second-order valence-electron chi connectivity index (χ2n) is 7.12. The summed E-state index contributed by atoms with van der Waals surface area (Å²) in [5.41, 5.74) is -0.601. The molecule has 5 atom stereocenters. The number of hydrogen-bond donors (Lipinski definition) is 1. The van der Waals surface area contributed by atoms with Gasteiger partial charge in [0.05, 0.1) is 12.0 Å². The van der Waals surface area contributed by atoms with Gasteiger partial charge in [-0.15, -0.1) is 0 Å². The van der Waals surface area contributed by atoms with E-state index < -0.39 is 11.7 Å². The van der Waals surface area contributed by atoms with E-state index in [4.69, 9.17) is 10.00 Å². The van der Waals surface area contributed by atoms with Crippen molar-refractivity contribution in [1.82, 2.24) is 0 Å². The van der Waals surface area contributed by atoms with Crippen LogP contribution in [0.3, 0.4) is 0 Å². The van der Waals surface area contributed by atoms with Gasteiger partial charge >= 0.3 is 5.97 Å². The summed E-state index contributed by atoms with van der Waals surface area (Å²) in [6, 6.07) is 1.92. The average Bonchev–Trinajstić information content (AvgIpc) is 2.23. The third kappa shape index (κ3) is 2.36. The molecule has 0 amide bonds. The fourth-order valence-corrected chi connectivity index (χ4v) is 5.18. The Bertz CT molecular complexity index is 425. The lowest BCUT2D eigenvalue weighted by Gasteiger charge is -2.60. The molecule has 0 spiro atoms. The highest BCUT2D eigenvalue weighted by Gasteiger charge is 2.57. The van der Waals surface area contributed by atoms with Crippen molar-refractivity contribution in [2.45, 2.75) is 63.6 Å². The Balaban J connectivity index is 1.71. The number of carbonyl (C=O) groups excluding carboxylic acids is 1. The lowest BCUT2D eigenvalue weighted by molar-refractivity contribution is -0.177. The van der Waals surface area contributed by atoms with Gasteiger partial charge in [-0.25, -0.2) is 0 Å². The molecule has 104 valence electrons. The van der Waals surface area contributed by atoms with Crippen LogP contribution in [0, 0.1) is 28.6 Å². The summed E-state index contributed by atoms with van der Waals surface area (Å²) in [6.45, 7) is 1.59. The monoisotopic (exact) mass is 263 g/mol. The summed E-state index contributed by atoms with van der Waals surface area (Å²) in [5.74, 6) is 0.875. The van der Waals surface area contributed by atoms with Crippen LogP contribution >= 0.6 is 0 Å². The molecule has 4 heteroatoms. The van der Waals surface area contributed by atoms with Crippen molar-refractivity contribution >= 4 is 5.97 Å². The van der Waals surface area contributed by atoms with E-state index in [2.05, 4.69) is 0 Å². The zero-order valence-electron chi connectivity index (χ0n) is 11.4. The quantitative estimate of drug-likeness (QED) is 0.792. The molecular weight excluding hydrogens is 242 g/mol. The van der Waals surface area contributed by atoms with Gasteiger partial charge in [0.25, 0.3) is 0 Å². The predicted octanol–water partition coefficient (Wildman–Crippen LogP) is 2.16. The van der Waals surface area contributed by atoms with Crippen molar-refractivity contribution in [2.24, 2.45) is 17.3 Å². The van der Waals surface area contributed by atoms with Gasteiger partial charge in [0.1, 0.15) is 6.07 Å². The van der Waals surface area contributed by atoms with E-state index in [1.165, 1.54) is 6.42 Å². The first-order valence-corrected chi connectivity index (χ1v) is 7.24. The fraction of sp³-hybridized carbons (Fsp3) is 0.867. The Labute approximate surface area is 113 Å². The van der Waals surface area contributed by atoms with Crippen LogP contribution in [-0.2, 0) is 9.53 Å². The largest absolute Gasteiger partial charge is 0.447 e. The SMILES string of the molecule is C[C@H](C#N)OC(=O)CC12C[C@@H]3C[C@@H](CC(O)(C3)C1)C2. The predicted molar refractivity (Wildman–Crippen MR) is 67.8 cm³/mol. The fourth-order valence-electron chi connectivity index (χ4n) is 5.18. The summed E-state index contributed by atoms with van der Waals surface area (Å²) in [5, 5.41) is 19.3. The van der Waals surface area contributed by atoms with Crippen molar-refractivity contribution in [3.05, 3.63) is 0 Å². The number of hydrogen-bond acceptors (Lipinski definition) is 4. The number of rotatable bonds is 3. The summed E-state index contributed by atoms with van der Waals surface area (Å²) in [7, 11) is 0. The van der Waals surface area contributed by atoms with Crippen molar-refractivity contribution in [1.29, 1.82) is 5.26 Å². The highest BCUT2D eigenvalue weighted by atomic mass is 16.5. The van der Waals surface area contributed by atoms with Crippen molar-refractivity contribution in [3.8, 4) is 6.07 Å². The van der Waals surface area contributed by atoms with Crippen molar-refractivity contribution in [3.63, 3.8) is 0 Å². The van der Waals surface area contributed by atoms with Crippen molar-refractivity contribution in [2.75, 3.05) is 0 Å². The molecule has 4 nitrogen and oxygen atoms in total. The van der Waals surface area contributed by atoms with Gasteiger partial charge in [-0.2, -0.15) is 5.26 Å². The number of esters is 1. The number of carbonyl (C=O) groups is 1. The standard InChI is InChI=1S/C15H21NO3/c1-10(8-16)19-13(17)7-14-3-11-2-12(4-14)6-15(18,5-11)9-14/h10-12,18H,2-7,9H2,1H3/t10-,11-,12+,14?,15?/m1/s1. The minimum atomic E-state index is -0.676. The smallest absolute Gasteiger partial charge is 0.307 e. The topological polar surface area (TPSA) is 70.3 Å². The molecule has 4 rings (SSSR count). The van der Waals surface area contributed by atoms with Crippen LogP contribution in [0.4, 0.5) is 0 Å². The maximum Gasteiger partial charge on any atom is 0.307 e. The number of nitriles is 1. The molecular formula is C15H21NO3. The van der Waals surface area contributed by atoms with Gasteiger partial charge in [0, 0.05) is 0 Å². The van der Waals surface area contributed by atoms with Gasteiger partial charge in [-0.3, -0.25) is 4.79 Å². The minimum Gasteiger partial charge on any atom is -0.447 e. The van der Waals surface area contributed by atoms with Crippen LogP contribution < -0.4 is 0 Å². The van der Waals surface area contributed by atoms with E-state index >= 15 is 0 Å². The van der Waals surface area contributed by atoms with Crippen LogP contribution in [0.5, 0.6) is 0 Å². The van der Waals surface area contributed by atoms with Gasteiger partial charge in [-0.1, -0.05) is 0 Å². The Morgan fingerprint density at radius 3 is 2.58 bits per heavy atom. The molecule has 4 saturated carbocycles. The number of aliphatic hydroxyl groups is 1. The first-order chi connectivity index (χ1) is 8.92. The number of nitrogens with zero attached hydrogens (tertiary/aromatic N) is 1. The highest BCUT2D eigenvalue weighted by Crippen LogP contribution is 2.62. The van der Waals surface area contributed by atoms with Gasteiger partial charge in [-0.05, 0) is 62.7 Å². The molecule has 0 heterocycles. The number of ether oxygens (including phenoxy) is 1. The Morgan fingerprint density at radius 1 is 1.42 bits per heavy atom. The average molecular weight is 263 g/mol. The summed E-state index contributed by atoms with van der Waals surface area (Å²) in [4.78, 5) is 11.9.